The molecule has 2 heterocycles. The molecule has 134 valence electrons. The third-order valence-electron chi connectivity index (χ3n) is 4.76. The summed E-state index contributed by atoms with van der Waals surface area (Å²) >= 11 is 0. The SMILES string of the molecule is CC(C)CCC(=O)N1CCCC(OCCc2noc(C3CC3)n2)C1. The average Bonchev–Trinajstić information content (AvgIpc) is 3.32. The highest BCUT2D eigenvalue weighted by molar-refractivity contribution is 5.76. The predicted molar refractivity (Wildman–Crippen MR) is 89.6 cm³/mol. The summed E-state index contributed by atoms with van der Waals surface area (Å²) in [4.78, 5) is 18.6. The van der Waals surface area contributed by atoms with E-state index in [1.165, 1.54) is 12.8 Å². The summed E-state index contributed by atoms with van der Waals surface area (Å²) in [5.74, 6) is 2.85. The molecule has 1 atom stereocenters. The molecule has 0 bridgehead atoms. The highest BCUT2D eigenvalue weighted by Crippen LogP contribution is 2.38. The quantitative estimate of drug-likeness (QED) is 0.730. The number of likely N-dealkylation sites (tertiary alicyclic amines) is 1. The van der Waals surface area contributed by atoms with E-state index < -0.39 is 0 Å². The van der Waals surface area contributed by atoms with Crippen molar-refractivity contribution in [3.63, 3.8) is 0 Å². The van der Waals surface area contributed by atoms with Crippen molar-refractivity contribution in [2.24, 2.45) is 5.92 Å². The van der Waals surface area contributed by atoms with Gasteiger partial charge in [0.2, 0.25) is 11.8 Å². The number of piperidine rings is 1. The predicted octanol–water partition coefficient (Wildman–Crippen LogP) is 2.93. The Kier molecular flexibility index (Phi) is 5.87. The molecule has 0 spiro atoms. The van der Waals surface area contributed by atoms with Crippen LogP contribution in [0.15, 0.2) is 4.52 Å². The summed E-state index contributed by atoms with van der Waals surface area (Å²) < 4.78 is 11.2. The van der Waals surface area contributed by atoms with Crippen LogP contribution in [0.1, 0.15) is 70.0 Å². The van der Waals surface area contributed by atoms with Gasteiger partial charge in [-0.05, 0) is 38.0 Å². The normalized spacial score (nSPS) is 21.5. The van der Waals surface area contributed by atoms with Crippen LogP contribution < -0.4 is 0 Å². The fourth-order valence-corrected chi connectivity index (χ4v) is 3.05. The third kappa shape index (κ3) is 5.03. The van der Waals surface area contributed by atoms with Gasteiger partial charge in [0.25, 0.3) is 0 Å². The van der Waals surface area contributed by atoms with E-state index in [1.54, 1.807) is 0 Å². The van der Waals surface area contributed by atoms with E-state index >= 15 is 0 Å². The fourth-order valence-electron chi connectivity index (χ4n) is 3.05. The molecule has 0 aromatic carbocycles. The van der Waals surface area contributed by atoms with Gasteiger partial charge in [-0.25, -0.2) is 0 Å². The van der Waals surface area contributed by atoms with Crippen molar-refractivity contribution in [3.8, 4) is 0 Å². The van der Waals surface area contributed by atoms with Gasteiger partial charge in [-0.1, -0.05) is 19.0 Å². The first-order valence-electron chi connectivity index (χ1n) is 9.33. The van der Waals surface area contributed by atoms with Crippen LogP contribution in [0.5, 0.6) is 0 Å². The maximum absolute atomic E-state index is 12.3. The van der Waals surface area contributed by atoms with Crippen molar-refractivity contribution < 1.29 is 14.1 Å². The molecule has 2 fully saturated rings. The summed E-state index contributed by atoms with van der Waals surface area (Å²) in [5.41, 5.74) is 0. The molecular weight excluding hydrogens is 306 g/mol. The Morgan fingerprint density at radius 1 is 1.38 bits per heavy atom. The smallest absolute Gasteiger partial charge is 0.229 e. The van der Waals surface area contributed by atoms with Crippen LogP contribution >= 0.6 is 0 Å². The van der Waals surface area contributed by atoms with E-state index in [1.807, 2.05) is 4.90 Å². The minimum absolute atomic E-state index is 0.136. The first-order valence-corrected chi connectivity index (χ1v) is 9.33. The number of carbonyl (C=O) groups is 1. The van der Waals surface area contributed by atoms with Crippen molar-refractivity contribution >= 4 is 5.91 Å². The minimum Gasteiger partial charge on any atom is -0.376 e. The van der Waals surface area contributed by atoms with E-state index in [2.05, 4.69) is 24.0 Å². The van der Waals surface area contributed by atoms with Crippen LogP contribution in [-0.4, -0.2) is 46.7 Å². The van der Waals surface area contributed by atoms with Crippen molar-refractivity contribution in [2.45, 2.75) is 70.8 Å². The molecule has 1 aliphatic heterocycles. The molecule has 1 aliphatic carbocycles. The van der Waals surface area contributed by atoms with Gasteiger partial charge < -0.3 is 14.2 Å². The van der Waals surface area contributed by atoms with Crippen molar-refractivity contribution in [1.82, 2.24) is 15.0 Å². The van der Waals surface area contributed by atoms with Gasteiger partial charge in [0.15, 0.2) is 5.82 Å². The number of nitrogens with zero attached hydrogens (tertiary/aromatic N) is 3. The van der Waals surface area contributed by atoms with Gasteiger partial charge in [0, 0.05) is 31.8 Å². The van der Waals surface area contributed by atoms with Crippen LogP contribution in [0.3, 0.4) is 0 Å². The van der Waals surface area contributed by atoms with Crippen LogP contribution in [0.25, 0.3) is 0 Å². The lowest BCUT2D eigenvalue weighted by Crippen LogP contribution is -2.43. The second-order valence-corrected chi connectivity index (χ2v) is 7.48. The summed E-state index contributed by atoms with van der Waals surface area (Å²) in [6, 6.07) is 0. The number of ether oxygens (including phenoxy) is 1. The molecule has 1 unspecified atom stereocenters. The summed E-state index contributed by atoms with van der Waals surface area (Å²) in [5, 5.41) is 4.01. The lowest BCUT2D eigenvalue weighted by atomic mass is 10.0. The molecule has 1 amide bonds. The molecule has 24 heavy (non-hydrogen) atoms. The largest absolute Gasteiger partial charge is 0.376 e. The van der Waals surface area contributed by atoms with Gasteiger partial charge >= 0.3 is 0 Å². The van der Waals surface area contributed by atoms with Crippen LogP contribution in [0.4, 0.5) is 0 Å². The Morgan fingerprint density at radius 2 is 2.21 bits per heavy atom. The molecule has 0 N–H and O–H groups in total. The van der Waals surface area contributed by atoms with E-state index in [0.29, 0.717) is 31.3 Å². The van der Waals surface area contributed by atoms with Gasteiger partial charge in [0.1, 0.15) is 0 Å². The second kappa shape index (κ2) is 8.10. The maximum atomic E-state index is 12.3. The first-order chi connectivity index (χ1) is 11.6. The molecule has 6 nitrogen and oxygen atoms in total. The lowest BCUT2D eigenvalue weighted by Gasteiger charge is -2.33. The standard InChI is InChI=1S/C18H29N3O3/c1-13(2)5-8-17(22)21-10-3-4-15(12-21)23-11-9-16-19-18(24-20-16)14-6-7-14/h13-15H,3-12H2,1-2H3. The highest BCUT2D eigenvalue weighted by atomic mass is 16.5. The molecule has 6 heteroatoms. The second-order valence-electron chi connectivity index (χ2n) is 7.48. The first kappa shape index (κ1) is 17.4. The molecule has 2 aliphatic rings. The van der Waals surface area contributed by atoms with E-state index in [4.69, 9.17) is 9.26 Å². The van der Waals surface area contributed by atoms with Crippen molar-refractivity contribution in [3.05, 3.63) is 11.7 Å². The number of carbonyl (C=O) groups excluding carboxylic acids is 1. The zero-order valence-electron chi connectivity index (χ0n) is 14.9. The fraction of sp³-hybridized carbons (Fsp3) is 0.833. The summed E-state index contributed by atoms with van der Waals surface area (Å²) in [6.07, 6.45) is 6.80. The van der Waals surface area contributed by atoms with Gasteiger partial charge in [-0.3, -0.25) is 4.79 Å². The summed E-state index contributed by atoms with van der Waals surface area (Å²) in [6.45, 7) is 6.48. The van der Waals surface area contributed by atoms with Gasteiger partial charge in [-0.15, -0.1) is 0 Å². The van der Waals surface area contributed by atoms with Crippen molar-refractivity contribution in [1.29, 1.82) is 0 Å². The van der Waals surface area contributed by atoms with Gasteiger partial charge in [0.05, 0.1) is 12.7 Å². The third-order valence-corrected chi connectivity index (χ3v) is 4.76. The number of aromatic nitrogens is 2. The Balaban J connectivity index is 1.37. The maximum Gasteiger partial charge on any atom is 0.229 e. The molecule has 1 aromatic rings. The summed E-state index contributed by atoms with van der Waals surface area (Å²) in [7, 11) is 0. The Morgan fingerprint density at radius 3 is 2.96 bits per heavy atom. The zero-order chi connectivity index (χ0) is 16.9. The number of hydrogen-bond donors (Lipinski definition) is 0. The van der Waals surface area contributed by atoms with E-state index in [0.717, 1.165) is 44.1 Å². The van der Waals surface area contributed by atoms with Crippen LogP contribution in [0.2, 0.25) is 0 Å². The molecular formula is C18H29N3O3. The topological polar surface area (TPSA) is 68.5 Å². The number of amides is 1. The number of rotatable bonds is 8. The number of hydrogen-bond acceptors (Lipinski definition) is 5. The van der Waals surface area contributed by atoms with E-state index in [-0.39, 0.29) is 12.0 Å². The molecule has 1 saturated heterocycles. The molecule has 1 aromatic heterocycles. The average molecular weight is 335 g/mol. The van der Waals surface area contributed by atoms with Crippen LogP contribution in [0, 0.1) is 5.92 Å². The monoisotopic (exact) mass is 335 g/mol. The zero-order valence-corrected chi connectivity index (χ0v) is 14.9. The Labute approximate surface area is 143 Å². The van der Waals surface area contributed by atoms with Gasteiger partial charge in [-0.2, -0.15) is 4.98 Å². The lowest BCUT2D eigenvalue weighted by molar-refractivity contribution is -0.135. The van der Waals surface area contributed by atoms with E-state index in [9.17, 15) is 4.79 Å². The molecule has 0 radical (unpaired) electrons. The van der Waals surface area contributed by atoms with Crippen LogP contribution in [-0.2, 0) is 16.0 Å². The van der Waals surface area contributed by atoms with Crippen molar-refractivity contribution in [2.75, 3.05) is 19.7 Å². The Hall–Kier alpha value is -1.43. The molecule has 3 rings (SSSR count). The molecule has 1 saturated carbocycles. The Bertz CT molecular complexity index is 539. The highest BCUT2D eigenvalue weighted by Gasteiger charge is 2.29. The minimum atomic E-state index is 0.136.